The molecule has 4 aromatic heterocycles. The zero-order valence-electron chi connectivity index (χ0n) is 13.9. The lowest BCUT2D eigenvalue weighted by atomic mass is 10.1. The summed E-state index contributed by atoms with van der Waals surface area (Å²) < 4.78 is 53.6. The van der Waals surface area contributed by atoms with Crippen molar-refractivity contribution < 1.29 is 17.6 Å². The molecule has 0 saturated carbocycles. The van der Waals surface area contributed by atoms with Gasteiger partial charge in [-0.15, -0.1) is 0 Å². The van der Waals surface area contributed by atoms with Crippen LogP contribution >= 0.6 is 0 Å². The Morgan fingerprint density at radius 3 is 2.41 bits per heavy atom. The number of nitrogens with zero attached hydrogens (tertiary/aromatic N) is 5. The number of hydrogen-bond donors (Lipinski definition) is 0. The molecule has 4 rings (SSSR count). The summed E-state index contributed by atoms with van der Waals surface area (Å²) in [6.45, 7) is 1.81. The molecule has 136 valence electrons. The normalized spacial score (nSPS) is 11.9. The van der Waals surface area contributed by atoms with Crippen molar-refractivity contribution in [2.24, 2.45) is 0 Å². The van der Waals surface area contributed by atoms with Gasteiger partial charge in [0.15, 0.2) is 5.65 Å². The van der Waals surface area contributed by atoms with Crippen LogP contribution in [0, 0.1) is 12.7 Å². The van der Waals surface area contributed by atoms with Gasteiger partial charge in [0, 0.05) is 17.5 Å². The Labute approximate surface area is 150 Å². The lowest BCUT2D eigenvalue weighted by Gasteiger charge is -2.07. The van der Waals surface area contributed by atoms with Crippen molar-refractivity contribution in [2.45, 2.75) is 13.1 Å². The van der Waals surface area contributed by atoms with E-state index >= 15 is 0 Å². The highest BCUT2D eigenvalue weighted by molar-refractivity contribution is 5.79. The van der Waals surface area contributed by atoms with Gasteiger partial charge >= 0.3 is 6.18 Å². The second kappa shape index (κ2) is 6.11. The SMILES string of the molecule is Cc1ccc(-c2c(-c3ccc(F)cn3)nc3cc(C(F)(F)F)cnn23)cn1. The summed E-state index contributed by atoms with van der Waals surface area (Å²) in [5.41, 5.74) is 1.49. The number of alkyl halides is 3. The third kappa shape index (κ3) is 3.12. The first-order valence-electron chi connectivity index (χ1n) is 7.84. The summed E-state index contributed by atoms with van der Waals surface area (Å²) in [4.78, 5) is 12.5. The molecule has 0 aliphatic heterocycles. The predicted molar refractivity (Wildman–Crippen MR) is 89.1 cm³/mol. The number of hydrogen-bond acceptors (Lipinski definition) is 4. The summed E-state index contributed by atoms with van der Waals surface area (Å²) >= 11 is 0. The molecule has 0 aliphatic carbocycles. The molecule has 0 fully saturated rings. The number of aryl methyl sites for hydroxylation is 1. The second-order valence-electron chi connectivity index (χ2n) is 5.87. The van der Waals surface area contributed by atoms with Crippen LogP contribution in [-0.2, 0) is 6.18 Å². The highest BCUT2D eigenvalue weighted by atomic mass is 19.4. The first-order valence-corrected chi connectivity index (χ1v) is 7.84. The molecule has 0 amide bonds. The minimum atomic E-state index is -4.54. The molecule has 0 bridgehead atoms. The first kappa shape index (κ1) is 17.1. The lowest BCUT2D eigenvalue weighted by molar-refractivity contribution is -0.137. The highest BCUT2D eigenvalue weighted by Crippen LogP contribution is 2.34. The van der Waals surface area contributed by atoms with Gasteiger partial charge in [-0.05, 0) is 37.3 Å². The Hall–Kier alpha value is -3.36. The summed E-state index contributed by atoms with van der Waals surface area (Å²) in [6.07, 6.45) is -1.21. The third-order valence-electron chi connectivity index (χ3n) is 3.96. The number of imidazole rings is 1. The minimum absolute atomic E-state index is 0.00141. The van der Waals surface area contributed by atoms with Gasteiger partial charge in [-0.1, -0.05) is 0 Å². The molecular formula is C18H11F4N5. The fourth-order valence-corrected chi connectivity index (χ4v) is 2.65. The van der Waals surface area contributed by atoms with Crippen LogP contribution in [0.1, 0.15) is 11.3 Å². The van der Waals surface area contributed by atoms with Crippen LogP contribution in [0.4, 0.5) is 17.6 Å². The van der Waals surface area contributed by atoms with Crippen LogP contribution in [0.2, 0.25) is 0 Å². The molecule has 0 unspecified atom stereocenters. The second-order valence-corrected chi connectivity index (χ2v) is 5.87. The Morgan fingerprint density at radius 2 is 1.78 bits per heavy atom. The molecule has 0 radical (unpaired) electrons. The van der Waals surface area contributed by atoms with Crippen LogP contribution in [0.3, 0.4) is 0 Å². The molecule has 0 aromatic carbocycles. The van der Waals surface area contributed by atoms with E-state index in [2.05, 4.69) is 20.1 Å². The van der Waals surface area contributed by atoms with Gasteiger partial charge in [0.25, 0.3) is 0 Å². The van der Waals surface area contributed by atoms with E-state index in [4.69, 9.17) is 0 Å². The van der Waals surface area contributed by atoms with E-state index < -0.39 is 17.6 Å². The molecule has 4 heterocycles. The smallest absolute Gasteiger partial charge is 0.261 e. The van der Waals surface area contributed by atoms with Gasteiger partial charge in [0.1, 0.15) is 17.2 Å². The quantitative estimate of drug-likeness (QED) is 0.491. The van der Waals surface area contributed by atoms with Crippen molar-refractivity contribution in [3.63, 3.8) is 0 Å². The van der Waals surface area contributed by atoms with Gasteiger partial charge in [-0.2, -0.15) is 18.3 Å². The van der Waals surface area contributed by atoms with E-state index in [1.807, 2.05) is 6.92 Å². The Balaban J connectivity index is 2.00. The largest absolute Gasteiger partial charge is 0.418 e. The van der Waals surface area contributed by atoms with Crippen LogP contribution in [0.15, 0.2) is 48.9 Å². The van der Waals surface area contributed by atoms with Crippen LogP contribution < -0.4 is 0 Å². The maximum atomic E-state index is 13.2. The number of halogens is 4. The lowest BCUT2D eigenvalue weighted by Crippen LogP contribution is -2.07. The maximum Gasteiger partial charge on any atom is 0.418 e. The van der Waals surface area contributed by atoms with Crippen molar-refractivity contribution >= 4 is 5.65 Å². The molecule has 27 heavy (non-hydrogen) atoms. The van der Waals surface area contributed by atoms with Gasteiger partial charge in [0.2, 0.25) is 0 Å². The molecule has 0 saturated heterocycles. The zero-order valence-corrected chi connectivity index (χ0v) is 13.9. The van der Waals surface area contributed by atoms with E-state index in [1.54, 1.807) is 18.3 Å². The number of aromatic nitrogens is 5. The summed E-state index contributed by atoms with van der Waals surface area (Å²) in [7, 11) is 0. The molecular weight excluding hydrogens is 362 g/mol. The molecule has 0 spiro atoms. The molecule has 9 heteroatoms. The maximum absolute atomic E-state index is 13.2. The number of fused-ring (bicyclic) bond motifs is 1. The molecule has 0 atom stereocenters. The topological polar surface area (TPSA) is 56.0 Å². The van der Waals surface area contributed by atoms with Crippen molar-refractivity contribution in [3.05, 3.63) is 66.0 Å². The van der Waals surface area contributed by atoms with E-state index in [9.17, 15) is 17.6 Å². The Kier molecular flexibility index (Phi) is 3.87. The Bertz CT molecular complexity index is 1120. The fraction of sp³-hybridized carbons (Fsp3) is 0.111. The van der Waals surface area contributed by atoms with Crippen LogP contribution in [0.5, 0.6) is 0 Å². The van der Waals surface area contributed by atoms with Gasteiger partial charge in [-0.3, -0.25) is 9.97 Å². The van der Waals surface area contributed by atoms with Gasteiger partial charge < -0.3 is 0 Å². The average molecular weight is 373 g/mol. The van der Waals surface area contributed by atoms with E-state index in [0.717, 1.165) is 24.2 Å². The minimum Gasteiger partial charge on any atom is -0.261 e. The highest BCUT2D eigenvalue weighted by Gasteiger charge is 2.32. The van der Waals surface area contributed by atoms with Crippen LogP contribution in [0.25, 0.3) is 28.3 Å². The molecule has 5 nitrogen and oxygen atoms in total. The fourth-order valence-electron chi connectivity index (χ4n) is 2.65. The van der Waals surface area contributed by atoms with E-state index in [1.165, 1.54) is 16.6 Å². The third-order valence-corrected chi connectivity index (χ3v) is 3.96. The van der Waals surface area contributed by atoms with Crippen molar-refractivity contribution in [1.82, 2.24) is 24.6 Å². The van der Waals surface area contributed by atoms with Crippen molar-refractivity contribution in [3.8, 4) is 22.6 Å². The zero-order chi connectivity index (χ0) is 19.2. The summed E-state index contributed by atoms with van der Waals surface area (Å²) in [5, 5.41) is 3.91. The molecule has 0 N–H and O–H groups in total. The van der Waals surface area contributed by atoms with Crippen molar-refractivity contribution in [2.75, 3.05) is 0 Å². The first-order chi connectivity index (χ1) is 12.8. The van der Waals surface area contributed by atoms with Crippen molar-refractivity contribution in [1.29, 1.82) is 0 Å². The predicted octanol–water partition coefficient (Wildman–Crippen LogP) is 4.32. The van der Waals surface area contributed by atoms with Gasteiger partial charge in [0.05, 0.1) is 23.7 Å². The molecule has 0 aliphatic rings. The monoisotopic (exact) mass is 373 g/mol. The number of rotatable bonds is 2. The molecule has 4 aromatic rings. The summed E-state index contributed by atoms with van der Waals surface area (Å²) in [5.74, 6) is -0.529. The van der Waals surface area contributed by atoms with E-state index in [0.29, 0.717) is 17.0 Å². The standard InChI is InChI=1S/C18H11F4N5/c1-10-2-3-11(7-23-10)17-16(14-5-4-13(19)9-24-14)26-15-6-12(18(20,21)22)8-25-27(15)17/h2-9H,1H3. The Morgan fingerprint density at radius 1 is 0.963 bits per heavy atom. The average Bonchev–Trinajstić information content (AvgIpc) is 3.01. The summed E-state index contributed by atoms with van der Waals surface area (Å²) in [6, 6.07) is 7.05. The van der Waals surface area contributed by atoms with Gasteiger partial charge in [-0.25, -0.2) is 13.9 Å². The van der Waals surface area contributed by atoms with E-state index in [-0.39, 0.29) is 11.3 Å². The number of pyridine rings is 2. The van der Waals surface area contributed by atoms with Crippen LogP contribution in [-0.4, -0.2) is 24.6 Å².